The maximum atomic E-state index is 12.9. The number of benzene rings is 3. The van der Waals surface area contributed by atoms with Crippen LogP contribution >= 0.6 is 15.9 Å². The Morgan fingerprint density at radius 2 is 1.45 bits per heavy atom. The van der Waals surface area contributed by atoms with Crippen LogP contribution in [0.4, 0.5) is 0 Å². The van der Waals surface area contributed by atoms with Gasteiger partial charge in [0.2, 0.25) is 5.91 Å². The van der Waals surface area contributed by atoms with E-state index in [0.29, 0.717) is 5.75 Å². The lowest BCUT2D eigenvalue weighted by molar-refractivity contribution is -0.130. The summed E-state index contributed by atoms with van der Waals surface area (Å²) in [6.07, 6.45) is 0. The van der Waals surface area contributed by atoms with Crippen LogP contribution in [0.1, 0.15) is 42.4 Å². The van der Waals surface area contributed by atoms with Gasteiger partial charge in [-0.3, -0.25) is 20.4 Å². The van der Waals surface area contributed by atoms with Crippen molar-refractivity contribution in [1.29, 1.82) is 0 Å². The molecule has 0 bridgehead atoms. The summed E-state index contributed by atoms with van der Waals surface area (Å²) in [4.78, 5) is 25.2. The second-order valence-corrected chi connectivity index (χ2v) is 8.33. The zero-order chi connectivity index (χ0) is 22.2. The third-order valence-corrected chi connectivity index (χ3v) is 5.30. The molecule has 0 heterocycles. The van der Waals surface area contributed by atoms with Crippen LogP contribution in [0.15, 0.2) is 83.3 Å². The molecular weight excluding hydrogens is 456 g/mol. The van der Waals surface area contributed by atoms with Crippen LogP contribution in [-0.2, 0) is 9.59 Å². The predicted octanol–water partition coefficient (Wildman–Crippen LogP) is 4.93. The molecule has 3 aromatic rings. The summed E-state index contributed by atoms with van der Waals surface area (Å²) in [7, 11) is 0. The van der Waals surface area contributed by atoms with Gasteiger partial charge in [0.1, 0.15) is 5.75 Å². The molecule has 0 aliphatic heterocycles. The number of nitrogens with one attached hydrogen (secondary N) is 2. The van der Waals surface area contributed by atoms with Gasteiger partial charge in [0.25, 0.3) is 5.91 Å². The van der Waals surface area contributed by atoms with E-state index >= 15 is 0 Å². The van der Waals surface area contributed by atoms with E-state index in [0.717, 1.165) is 21.2 Å². The summed E-state index contributed by atoms with van der Waals surface area (Å²) in [5, 5.41) is 0. The lowest BCUT2D eigenvalue weighted by Crippen LogP contribution is -2.46. The van der Waals surface area contributed by atoms with Gasteiger partial charge in [0.15, 0.2) is 6.61 Å². The molecule has 3 aromatic carbocycles. The van der Waals surface area contributed by atoms with E-state index in [9.17, 15) is 9.59 Å². The van der Waals surface area contributed by atoms with Crippen molar-refractivity contribution in [3.63, 3.8) is 0 Å². The highest BCUT2D eigenvalue weighted by atomic mass is 79.9. The molecule has 0 spiro atoms. The van der Waals surface area contributed by atoms with E-state index in [4.69, 9.17) is 4.74 Å². The molecule has 0 saturated heterocycles. The molecular formula is C25H25BrN2O3. The average Bonchev–Trinajstić information content (AvgIpc) is 2.78. The molecule has 0 aliphatic carbocycles. The molecule has 0 atom stereocenters. The quantitative estimate of drug-likeness (QED) is 0.471. The highest BCUT2D eigenvalue weighted by Crippen LogP contribution is 2.29. The minimum Gasteiger partial charge on any atom is -0.483 e. The van der Waals surface area contributed by atoms with Gasteiger partial charge in [-0.2, -0.15) is 0 Å². The van der Waals surface area contributed by atoms with Gasteiger partial charge in [-0.25, -0.2) is 0 Å². The van der Waals surface area contributed by atoms with E-state index in [1.54, 1.807) is 0 Å². The Morgan fingerprint density at radius 1 is 0.871 bits per heavy atom. The topological polar surface area (TPSA) is 67.4 Å². The lowest BCUT2D eigenvalue weighted by atomic mass is 9.91. The number of carbonyl (C=O) groups excluding carboxylic acids is 2. The molecule has 0 aromatic heterocycles. The van der Waals surface area contributed by atoms with Crippen molar-refractivity contribution in [2.45, 2.75) is 25.7 Å². The van der Waals surface area contributed by atoms with E-state index in [2.05, 4.69) is 40.6 Å². The SMILES string of the molecule is CC(C)c1cc(Br)ccc1OCC(=O)NNC(=O)C(c1ccccc1)c1ccccc1. The van der Waals surface area contributed by atoms with Gasteiger partial charge >= 0.3 is 0 Å². The van der Waals surface area contributed by atoms with Crippen LogP contribution in [-0.4, -0.2) is 18.4 Å². The van der Waals surface area contributed by atoms with Gasteiger partial charge in [-0.1, -0.05) is 90.4 Å². The number of amides is 2. The normalized spacial score (nSPS) is 10.7. The number of hydrazine groups is 1. The molecule has 0 radical (unpaired) electrons. The second kappa shape index (κ2) is 10.8. The standard InChI is InChI=1S/C25H25BrN2O3/c1-17(2)21-15-20(26)13-14-22(21)31-16-23(29)27-28-25(30)24(18-9-5-3-6-10-18)19-11-7-4-8-12-19/h3-15,17,24H,16H2,1-2H3,(H,27,29)(H,28,30). The average molecular weight is 481 g/mol. The Hall–Kier alpha value is -3.12. The fraction of sp³-hybridized carbons (Fsp3) is 0.200. The Balaban J connectivity index is 1.63. The largest absolute Gasteiger partial charge is 0.483 e. The number of carbonyl (C=O) groups is 2. The van der Waals surface area contributed by atoms with E-state index in [1.807, 2.05) is 78.9 Å². The van der Waals surface area contributed by atoms with Crippen LogP contribution in [0.5, 0.6) is 5.75 Å². The lowest BCUT2D eigenvalue weighted by Gasteiger charge is -2.18. The first kappa shape index (κ1) is 22.6. The van der Waals surface area contributed by atoms with Crippen molar-refractivity contribution < 1.29 is 14.3 Å². The zero-order valence-electron chi connectivity index (χ0n) is 17.5. The third-order valence-electron chi connectivity index (χ3n) is 4.81. The van der Waals surface area contributed by atoms with Crippen molar-refractivity contribution in [3.8, 4) is 5.75 Å². The van der Waals surface area contributed by atoms with Crippen LogP contribution < -0.4 is 15.6 Å². The number of halogens is 1. The summed E-state index contributed by atoms with van der Waals surface area (Å²) in [5.74, 6) is -0.412. The van der Waals surface area contributed by atoms with Gasteiger partial charge in [-0.05, 0) is 40.8 Å². The van der Waals surface area contributed by atoms with Crippen LogP contribution in [0, 0.1) is 0 Å². The first-order chi connectivity index (χ1) is 15.0. The third kappa shape index (κ3) is 6.18. The molecule has 2 amide bonds. The first-order valence-electron chi connectivity index (χ1n) is 10.1. The predicted molar refractivity (Wildman–Crippen MR) is 125 cm³/mol. The Labute approximate surface area is 190 Å². The van der Waals surface area contributed by atoms with E-state index < -0.39 is 11.8 Å². The van der Waals surface area contributed by atoms with Crippen molar-refractivity contribution in [3.05, 3.63) is 100 Å². The summed E-state index contributed by atoms with van der Waals surface area (Å²) >= 11 is 3.46. The summed E-state index contributed by atoms with van der Waals surface area (Å²) in [6, 6.07) is 24.6. The highest BCUT2D eigenvalue weighted by Gasteiger charge is 2.23. The Bertz CT molecular complexity index is 984. The highest BCUT2D eigenvalue weighted by molar-refractivity contribution is 9.10. The number of hydrogen-bond acceptors (Lipinski definition) is 3. The van der Waals surface area contributed by atoms with Gasteiger partial charge in [0, 0.05) is 4.47 Å². The molecule has 0 saturated carbocycles. The van der Waals surface area contributed by atoms with Crippen LogP contribution in [0.3, 0.4) is 0 Å². The number of rotatable bonds is 7. The summed E-state index contributed by atoms with van der Waals surface area (Å²) < 4.78 is 6.65. The molecule has 6 heteroatoms. The van der Waals surface area contributed by atoms with Gasteiger partial charge < -0.3 is 4.74 Å². The fourth-order valence-corrected chi connectivity index (χ4v) is 3.65. The molecule has 2 N–H and O–H groups in total. The summed E-state index contributed by atoms with van der Waals surface area (Å²) in [6.45, 7) is 3.91. The Kier molecular flexibility index (Phi) is 7.84. The summed E-state index contributed by atoms with van der Waals surface area (Å²) in [5.41, 5.74) is 7.68. The second-order valence-electron chi connectivity index (χ2n) is 7.42. The minimum atomic E-state index is -0.539. The van der Waals surface area contributed by atoms with Crippen molar-refractivity contribution >= 4 is 27.7 Å². The zero-order valence-corrected chi connectivity index (χ0v) is 19.1. The van der Waals surface area contributed by atoms with Crippen molar-refractivity contribution in [2.75, 3.05) is 6.61 Å². The van der Waals surface area contributed by atoms with Gasteiger partial charge in [-0.15, -0.1) is 0 Å². The smallest absolute Gasteiger partial charge is 0.276 e. The number of ether oxygens (including phenoxy) is 1. The van der Waals surface area contributed by atoms with Crippen LogP contribution in [0.2, 0.25) is 0 Å². The van der Waals surface area contributed by atoms with Crippen molar-refractivity contribution in [2.24, 2.45) is 0 Å². The van der Waals surface area contributed by atoms with E-state index in [1.165, 1.54) is 0 Å². The van der Waals surface area contributed by atoms with Crippen LogP contribution in [0.25, 0.3) is 0 Å². The molecule has 5 nitrogen and oxygen atoms in total. The van der Waals surface area contributed by atoms with Crippen molar-refractivity contribution in [1.82, 2.24) is 10.9 Å². The maximum absolute atomic E-state index is 12.9. The molecule has 0 unspecified atom stereocenters. The first-order valence-corrected chi connectivity index (χ1v) is 10.9. The van der Waals surface area contributed by atoms with E-state index in [-0.39, 0.29) is 18.4 Å². The molecule has 160 valence electrons. The molecule has 31 heavy (non-hydrogen) atoms. The molecule has 0 aliphatic rings. The number of hydrogen-bond donors (Lipinski definition) is 2. The minimum absolute atomic E-state index is 0.205. The van der Waals surface area contributed by atoms with Gasteiger partial charge in [0.05, 0.1) is 5.92 Å². The Morgan fingerprint density at radius 3 is 2.00 bits per heavy atom. The fourth-order valence-electron chi connectivity index (χ4n) is 3.27. The maximum Gasteiger partial charge on any atom is 0.276 e. The monoisotopic (exact) mass is 480 g/mol. The molecule has 3 rings (SSSR count). The molecule has 0 fully saturated rings.